The average molecular weight is 314 g/mol. The molecule has 0 N–H and O–H groups in total. The minimum Gasteiger partial charge on any atom is -0.292 e. The number of benzene rings is 2. The Bertz CT molecular complexity index is 678. The molecular weight excluding hydrogens is 295 g/mol. The third kappa shape index (κ3) is 3.56. The number of halogens is 1. The zero-order valence-electron chi connectivity index (χ0n) is 12.8. The Morgan fingerprint density at radius 2 is 1.83 bits per heavy atom. The van der Waals surface area contributed by atoms with Crippen LogP contribution in [-0.4, -0.2) is 29.0 Å². The molecule has 3 rings (SSSR count). The van der Waals surface area contributed by atoms with Crippen LogP contribution in [-0.2, 0) is 6.54 Å². The smallest absolute Gasteiger partial charge is 0.232 e. The zero-order chi connectivity index (χ0) is 16.2. The number of hydrogen-bond acceptors (Lipinski definition) is 3. The number of rotatable bonds is 4. The van der Waals surface area contributed by atoms with Crippen LogP contribution < -0.4 is 0 Å². The Labute approximate surface area is 134 Å². The molecule has 0 aliphatic carbocycles. The molecular formula is C18H19FN2O2. The lowest BCUT2D eigenvalue weighted by molar-refractivity contribution is -0.530. The Balaban J connectivity index is 1.76. The van der Waals surface area contributed by atoms with Crippen molar-refractivity contribution in [2.75, 3.05) is 13.1 Å². The highest BCUT2D eigenvalue weighted by atomic mass is 19.1. The van der Waals surface area contributed by atoms with Crippen LogP contribution in [0.25, 0.3) is 0 Å². The molecule has 5 heteroatoms. The normalized spacial score (nSPS) is 22.0. The van der Waals surface area contributed by atoms with Crippen LogP contribution in [0.4, 0.5) is 4.39 Å². The van der Waals surface area contributed by atoms with Gasteiger partial charge in [-0.3, -0.25) is 15.0 Å². The molecule has 2 aromatic rings. The van der Waals surface area contributed by atoms with E-state index in [4.69, 9.17) is 0 Å². The molecule has 2 aromatic carbocycles. The molecule has 2 atom stereocenters. The molecule has 1 heterocycles. The van der Waals surface area contributed by atoms with Crippen molar-refractivity contribution in [3.05, 3.63) is 81.7 Å². The molecule has 1 unspecified atom stereocenters. The predicted molar refractivity (Wildman–Crippen MR) is 86.3 cm³/mol. The highest BCUT2D eigenvalue weighted by Crippen LogP contribution is 2.32. The van der Waals surface area contributed by atoms with Gasteiger partial charge in [0.1, 0.15) is 5.82 Å². The first-order valence-corrected chi connectivity index (χ1v) is 7.79. The Morgan fingerprint density at radius 3 is 2.52 bits per heavy atom. The van der Waals surface area contributed by atoms with Crippen molar-refractivity contribution < 1.29 is 9.31 Å². The van der Waals surface area contributed by atoms with Gasteiger partial charge in [0, 0.05) is 11.5 Å². The summed E-state index contributed by atoms with van der Waals surface area (Å²) in [5.74, 6) is -0.709. The number of likely N-dealkylation sites (tertiary alicyclic amines) is 1. The lowest BCUT2D eigenvalue weighted by atomic mass is 9.85. The monoisotopic (exact) mass is 314 g/mol. The summed E-state index contributed by atoms with van der Waals surface area (Å²) in [6.45, 7) is 1.77. The van der Waals surface area contributed by atoms with Crippen molar-refractivity contribution in [3.8, 4) is 0 Å². The van der Waals surface area contributed by atoms with Crippen LogP contribution in [0.15, 0.2) is 54.6 Å². The largest absolute Gasteiger partial charge is 0.292 e. The molecule has 120 valence electrons. The van der Waals surface area contributed by atoms with Gasteiger partial charge >= 0.3 is 0 Å². The van der Waals surface area contributed by atoms with Gasteiger partial charge in [-0.1, -0.05) is 48.5 Å². The lowest BCUT2D eigenvalue weighted by Gasteiger charge is -2.34. The summed E-state index contributed by atoms with van der Waals surface area (Å²) in [7, 11) is 0. The van der Waals surface area contributed by atoms with E-state index in [2.05, 4.69) is 4.90 Å². The van der Waals surface area contributed by atoms with E-state index in [0.717, 1.165) is 12.1 Å². The number of nitro groups is 1. The predicted octanol–water partition coefficient (Wildman–Crippen LogP) is 3.46. The van der Waals surface area contributed by atoms with Gasteiger partial charge in [0.05, 0.1) is 12.5 Å². The van der Waals surface area contributed by atoms with Crippen molar-refractivity contribution in [1.29, 1.82) is 0 Å². The molecule has 0 amide bonds. The molecule has 4 nitrogen and oxygen atoms in total. The average Bonchev–Trinajstić information content (AvgIpc) is 2.56. The molecule has 1 aliphatic heterocycles. The summed E-state index contributed by atoms with van der Waals surface area (Å²) >= 11 is 0. The maximum atomic E-state index is 14.0. The van der Waals surface area contributed by atoms with Gasteiger partial charge in [-0.25, -0.2) is 4.39 Å². The summed E-state index contributed by atoms with van der Waals surface area (Å²) in [4.78, 5) is 13.3. The van der Waals surface area contributed by atoms with E-state index in [9.17, 15) is 14.5 Å². The quantitative estimate of drug-likeness (QED) is 0.641. The van der Waals surface area contributed by atoms with E-state index < -0.39 is 6.04 Å². The van der Waals surface area contributed by atoms with Crippen molar-refractivity contribution in [2.24, 2.45) is 0 Å². The first kappa shape index (κ1) is 15.6. The number of nitrogens with zero attached hydrogens (tertiary/aromatic N) is 2. The van der Waals surface area contributed by atoms with E-state index >= 15 is 0 Å². The van der Waals surface area contributed by atoms with E-state index in [1.54, 1.807) is 18.2 Å². The van der Waals surface area contributed by atoms with Gasteiger partial charge in [-0.2, -0.15) is 0 Å². The molecule has 0 saturated carbocycles. The maximum Gasteiger partial charge on any atom is 0.232 e. The first-order valence-electron chi connectivity index (χ1n) is 7.79. The van der Waals surface area contributed by atoms with E-state index in [0.29, 0.717) is 25.1 Å². The molecule has 0 bridgehead atoms. The second-order valence-corrected chi connectivity index (χ2v) is 5.99. The Hall–Kier alpha value is -2.27. The number of piperidine rings is 1. The van der Waals surface area contributed by atoms with Crippen molar-refractivity contribution in [3.63, 3.8) is 0 Å². The van der Waals surface area contributed by atoms with Crippen molar-refractivity contribution in [1.82, 2.24) is 4.90 Å². The van der Waals surface area contributed by atoms with Gasteiger partial charge in [0.15, 0.2) is 0 Å². The van der Waals surface area contributed by atoms with Gasteiger partial charge in [0.25, 0.3) is 0 Å². The standard InChI is InChI=1S/C18H19FN2O2/c19-17-9-5-4-8-15(17)16-10-11-20(13-18(16)21(22)23)12-14-6-2-1-3-7-14/h1-9,16,18H,10-13H2/t16?,18-/m1/s1. The molecule has 1 fully saturated rings. The topological polar surface area (TPSA) is 46.4 Å². The van der Waals surface area contributed by atoms with Gasteiger partial charge in [-0.15, -0.1) is 0 Å². The zero-order valence-corrected chi connectivity index (χ0v) is 12.8. The molecule has 0 radical (unpaired) electrons. The van der Waals surface area contributed by atoms with E-state index in [-0.39, 0.29) is 16.7 Å². The van der Waals surface area contributed by atoms with Crippen molar-refractivity contribution in [2.45, 2.75) is 24.9 Å². The van der Waals surface area contributed by atoms with Gasteiger partial charge in [-0.05, 0) is 30.2 Å². The van der Waals surface area contributed by atoms with Crippen molar-refractivity contribution >= 4 is 0 Å². The van der Waals surface area contributed by atoms with Gasteiger partial charge in [0.2, 0.25) is 6.04 Å². The Morgan fingerprint density at radius 1 is 1.13 bits per heavy atom. The maximum absolute atomic E-state index is 14.0. The summed E-state index contributed by atoms with van der Waals surface area (Å²) in [6.07, 6.45) is 0.597. The van der Waals surface area contributed by atoms with Crippen LogP contribution >= 0.6 is 0 Å². The SMILES string of the molecule is O=[N+]([O-])[C@@H]1CN(Cc2ccccc2)CCC1c1ccccc1F. The van der Waals surface area contributed by atoms with Crippen LogP contribution in [0.1, 0.15) is 23.5 Å². The minimum atomic E-state index is -0.774. The first-order chi connectivity index (χ1) is 11.1. The highest BCUT2D eigenvalue weighted by molar-refractivity contribution is 5.24. The molecule has 23 heavy (non-hydrogen) atoms. The summed E-state index contributed by atoms with van der Waals surface area (Å²) in [5.41, 5.74) is 1.60. The van der Waals surface area contributed by atoms with E-state index in [1.165, 1.54) is 6.07 Å². The fourth-order valence-electron chi connectivity index (χ4n) is 3.33. The third-order valence-corrected chi connectivity index (χ3v) is 4.49. The fraction of sp³-hybridized carbons (Fsp3) is 0.333. The van der Waals surface area contributed by atoms with E-state index in [1.807, 2.05) is 30.3 Å². The van der Waals surface area contributed by atoms with Crippen LogP contribution in [0.3, 0.4) is 0 Å². The second-order valence-electron chi connectivity index (χ2n) is 5.99. The third-order valence-electron chi connectivity index (χ3n) is 4.49. The fourth-order valence-corrected chi connectivity index (χ4v) is 3.33. The summed E-state index contributed by atoms with van der Waals surface area (Å²) in [6, 6.07) is 15.5. The Kier molecular flexibility index (Phi) is 4.67. The lowest BCUT2D eigenvalue weighted by Crippen LogP contribution is -2.46. The number of hydrogen-bond donors (Lipinski definition) is 0. The molecule has 0 spiro atoms. The van der Waals surface area contributed by atoms with Crippen LogP contribution in [0.5, 0.6) is 0 Å². The summed E-state index contributed by atoms with van der Waals surface area (Å²) in [5, 5.41) is 11.5. The molecule has 0 aromatic heterocycles. The highest BCUT2D eigenvalue weighted by Gasteiger charge is 2.39. The molecule has 1 saturated heterocycles. The van der Waals surface area contributed by atoms with Crippen LogP contribution in [0.2, 0.25) is 0 Å². The van der Waals surface area contributed by atoms with Crippen LogP contribution in [0, 0.1) is 15.9 Å². The second kappa shape index (κ2) is 6.87. The summed E-state index contributed by atoms with van der Waals surface area (Å²) < 4.78 is 14.0. The minimum absolute atomic E-state index is 0.256. The van der Waals surface area contributed by atoms with Gasteiger partial charge < -0.3 is 0 Å². The molecule has 1 aliphatic rings.